The zero-order chi connectivity index (χ0) is 15.9. The summed E-state index contributed by atoms with van der Waals surface area (Å²) in [6.45, 7) is 2.51. The molecule has 0 aromatic rings. The largest absolute Gasteiger partial charge is 0.481 e. The number of nitrogens with zero attached hydrogens (tertiary/aromatic N) is 1. The number of carbonyl (C=O) groups is 2. The van der Waals surface area contributed by atoms with Crippen LogP contribution in [0.5, 0.6) is 0 Å². The molecule has 1 amide bonds. The maximum atomic E-state index is 11.7. The maximum absolute atomic E-state index is 11.7. The average molecular weight is 320 g/mol. The Kier molecular flexibility index (Phi) is 7.10. The summed E-state index contributed by atoms with van der Waals surface area (Å²) in [7, 11) is -3.13. The number of amides is 1. The molecule has 1 rings (SSSR count). The van der Waals surface area contributed by atoms with Crippen molar-refractivity contribution in [1.29, 1.82) is 0 Å². The van der Waals surface area contributed by atoms with E-state index in [1.54, 1.807) is 6.92 Å². The summed E-state index contributed by atoms with van der Waals surface area (Å²) in [5.74, 6) is -0.828. The molecule has 7 nitrogen and oxygen atoms in total. The van der Waals surface area contributed by atoms with Gasteiger partial charge in [0.25, 0.3) is 0 Å². The molecule has 0 unspecified atom stereocenters. The van der Waals surface area contributed by atoms with Crippen molar-refractivity contribution in [2.24, 2.45) is 0 Å². The first kappa shape index (κ1) is 17.9. The van der Waals surface area contributed by atoms with Gasteiger partial charge in [-0.2, -0.15) is 0 Å². The molecule has 0 saturated carbocycles. The quantitative estimate of drug-likeness (QED) is 0.636. The number of carbonyl (C=O) groups excluding carboxylic acids is 1. The highest BCUT2D eigenvalue weighted by atomic mass is 32.2. The first-order valence-electron chi connectivity index (χ1n) is 7.34. The molecule has 1 saturated heterocycles. The molecular weight excluding hydrogens is 296 g/mol. The molecule has 0 aromatic carbocycles. The highest BCUT2D eigenvalue weighted by molar-refractivity contribution is 7.89. The fourth-order valence-electron chi connectivity index (χ4n) is 2.32. The Morgan fingerprint density at radius 3 is 2.29 bits per heavy atom. The number of hydrogen-bond acceptors (Lipinski definition) is 4. The summed E-state index contributed by atoms with van der Waals surface area (Å²) in [6.07, 6.45) is 2.71. The van der Waals surface area contributed by atoms with Crippen molar-refractivity contribution in [2.75, 3.05) is 18.8 Å². The Balaban J connectivity index is 2.23. The minimum atomic E-state index is -3.13. The second-order valence-electron chi connectivity index (χ2n) is 5.24. The van der Waals surface area contributed by atoms with Crippen molar-refractivity contribution in [3.63, 3.8) is 0 Å². The molecule has 1 heterocycles. The predicted molar refractivity (Wildman–Crippen MR) is 78.3 cm³/mol. The van der Waals surface area contributed by atoms with Gasteiger partial charge in [-0.1, -0.05) is 0 Å². The number of aliphatic carboxylic acids is 1. The summed E-state index contributed by atoms with van der Waals surface area (Å²) in [5.41, 5.74) is 0. The highest BCUT2D eigenvalue weighted by Crippen LogP contribution is 2.14. The SMILES string of the molecule is CCS(=O)(=O)N1CCC(NC(=O)CCCCC(=O)O)CC1. The molecular formula is C13H24N2O5S. The molecule has 2 N–H and O–H groups in total. The summed E-state index contributed by atoms with van der Waals surface area (Å²) < 4.78 is 24.9. The number of piperidine rings is 1. The van der Waals surface area contributed by atoms with E-state index in [4.69, 9.17) is 5.11 Å². The Bertz CT molecular complexity index is 455. The van der Waals surface area contributed by atoms with Crippen LogP contribution in [-0.4, -0.2) is 54.6 Å². The van der Waals surface area contributed by atoms with Crippen LogP contribution in [-0.2, 0) is 19.6 Å². The van der Waals surface area contributed by atoms with Gasteiger partial charge in [-0.25, -0.2) is 12.7 Å². The number of carboxylic acids is 1. The van der Waals surface area contributed by atoms with Crippen molar-refractivity contribution in [1.82, 2.24) is 9.62 Å². The number of carboxylic acid groups (broad SMARTS) is 1. The molecule has 122 valence electrons. The van der Waals surface area contributed by atoms with E-state index in [1.165, 1.54) is 4.31 Å². The molecule has 0 atom stereocenters. The smallest absolute Gasteiger partial charge is 0.303 e. The van der Waals surface area contributed by atoms with E-state index in [-0.39, 0.29) is 24.1 Å². The van der Waals surface area contributed by atoms with Gasteiger partial charge in [0.2, 0.25) is 15.9 Å². The van der Waals surface area contributed by atoms with Gasteiger partial charge in [0.1, 0.15) is 0 Å². The fraction of sp³-hybridized carbons (Fsp3) is 0.846. The molecule has 1 aliphatic rings. The number of nitrogens with one attached hydrogen (secondary N) is 1. The van der Waals surface area contributed by atoms with E-state index < -0.39 is 16.0 Å². The Hall–Kier alpha value is -1.15. The van der Waals surface area contributed by atoms with E-state index >= 15 is 0 Å². The van der Waals surface area contributed by atoms with Gasteiger partial charge >= 0.3 is 5.97 Å². The fourth-order valence-corrected chi connectivity index (χ4v) is 3.45. The van der Waals surface area contributed by atoms with Gasteiger partial charge in [0, 0.05) is 32.0 Å². The lowest BCUT2D eigenvalue weighted by molar-refractivity contribution is -0.137. The van der Waals surface area contributed by atoms with Crippen LogP contribution >= 0.6 is 0 Å². The van der Waals surface area contributed by atoms with Crippen LogP contribution in [0.4, 0.5) is 0 Å². The van der Waals surface area contributed by atoms with E-state index in [2.05, 4.69) is 5.32 Å². The Morgan fingerprint density at radius 1 is 1.19 bits per heavy atom. The summed E-state index contributed by atoms with van der Waals surface area (Å²) in [6, 6.07) is 0.0141. The maximum Gasteiger partial charge on any atom is 0.303 e. The minimum Gasteiger partial charge on any atom is -0.481 e. The topological polar surface area (TPSA) is 104 Å². The summed E-state index contributed by atoms with van der Waals surface area (Å²) in [4.78, 5) is 22.0. The average Bonchev–Trinajstić information content (AvgIpc) is 2.44. The lowest BCUT2D eigenvalue weighted by atomic mass is 10.1. The number of unbranched alkanes of at least 4 members (excludes halogenated alkanes) is 1. The van der Waals surface area contributed by atoms with E-state index in [1.807, 2.05) is 0 Å². The minimum absolute atomic E-state index is 0.0141. The molecule has 8 heteroatoms. The van der Waals surface area contributed by atoms with Crippen LogP contribution in [0.15, 0.2) is 0 Å². The van der Waals surface area contributed by atoms with Gasteiger partial charge < -0.3 is 10.4 Å². The third-order valence-corrected chi connectivity index (χ3v) is 5.50. The van der Waals surface area contributed by atoms with Crippen LogP contribution in [0.25, 0.3) is 0 Å². The molecule has 1 fully saturated rings. The van der Waals surface area contributed by atoms with E-state index in [9.17, 15) is 18.0 Å². The van der Waals surface area contributed by atoms with Gasteiger partial charge in [-0.15, -0.1) is 0 Å². The van der Waals surface area contributed by atoms with Crippen molar-refractivity contribution in [3.8, 4) is 0 Å². The lowest BCUT2D eigenvalue weighted by Crippen LogP contribution is -2.46. The lowest BCUT2D eigenvalue weighted by Gasteiger charge is -2.31. The molecule has 0 aliphatic carbocycles. The highest BCUT2D eigenvalue weighted by Gasteiger charge is 2.27. The summed E-state index contributed by atoms with van der Waals surface area (Å²) in [5, 5.41) is 11.4. The zero-order valence-electron chi connectivity index (χ0n) is 12.4. The normalized spacial score (nSPS) is 17.6. The number of hydrogen-bond donors (Lipinski definition) is 2. The molecule has 21 heavy (non-hydrogen) atoms. The van der Waals surface area contributed by atoms with Crippen LogP contribution in [0.1, 0.15) is 45.4 Å². The van der Waals surface area contributed by atoms with Gasteiger partial charge in [0.05, 0.1) is 5.75 Å². The second kappa shape index (κ2) is 8.33. The molecule has 0 spiro atoms. The Labute approximate surface area is 125 Å². The van der Waals surface area contributed by atoms with Crippen LogP contribution in [0.3, 0.4) is 0 Å². The van der Waals surface area contributed by atoms with Crippen molar-refractivity contribution in [2.45, 2.75) is 51.5 Å². The van der Waals surface area contributed by atoms with E-state index in [0.29, 0.717) is 45.2 Å². The molecule has 1 aliphatic heterocycles. The monoisotopic (exact) mass is 320 g/mol. The zero-order valence-corrected chi connectivity index (χ0v) is 13.2. The van der Waals surface area contributed by atoms with Crippen LogP contribution < -0.4 is 5.32 Å². The summed E-state index contributed by atoms with van der Waals surface area (Å²) >= 11 is 0. The second-order valence-corrected chi connectivity index (χ2v) is 7.50. The van der Waals surface area contributed by atoms with Crippen LogP contribution in [0.2, 0.25) is 0 Å². The molecule has 0 bridgehead atoms. The van der Waals surface area contributed by atoms with Crippen LogP contribution in [0, 0.1) is 0 Å². The third-order valence-electron chi connectivity index (χ3n) is 3.62. The standard InChI is InChI=1S/C13H24N2O5S/c1-2-21(19,20)15-9-7-11(8-10-15)14-12(16)5-3-4-6-13(17)18/h11H,2-10H2,1H3,(H,14,16)(H,17,18). The predicted octanol–water partition coefficient (Wildman–Crippen LogP) is 0.562. The van der Waals surface area contributed by atoms with Crippen molar-refractivity contribution in [3.05, 3.63) is 0 Å². The number of sulfonamides is 1. The van der Waals surface area contributed by atoms with Crippen molar-refractivity contribution < 1.29 is 23.1 Å². The van der Waals surface area contributed by atoms with Gasteiger partial charge in [0.15, 0.2) is 0 Å². The van der Waals surface area contributed by atoms with E-state index in [0.717, 1.165) is 0 Å². The van der Waals surface area contributed by atoms with Crippen molar-refractivity contribution >= 4 is 21.9 Å². The third kappa shape index (κ3) is 6.43. The van der Waals surface area contributed by atoms with Gasteiger partial charge in [-0.05, 0) is 32.6 Å². The molecule has 0 radical (unpaired) electrons. The number of rotatable bonds is 8. The Morgan fingerprint density at radius 2 is 1.76 bits per heavy atom. The molecule has 0 aromatic heterocycles. The first-order chi connectivity index (χ1) is 9.85. The first-order valence-corrected chi connectivity index (χ1v) is 8.95. The van der Waals surface area contributed by atoms with Gasteiger partial charge in [-0.3, -0.25) is 9.59 Å².